The highest BCUT2D eigenvalue weighted by molar-refractivity contribution is 9.10. The van der Waals surface area contributed by atoms with Crippen molar-refractivity contribution in [3.8, 4) is 0 Å². The Bertz CT molecular complexity index is 760. The molecule has 0 heterocycles. The molecule has 5 N–H and O–H groups in total. The Morgan fingerprint density at radius 3 is 2.45 bits per heavy atom. The second-order valence-corrected chi connectivity index (χ2v) is 6.77. The van der Waals surface area contributed by atoms with Gasteiger partial charge in [-0.2, -0.15) is 0 Å². The third-order valence-corrected chi connectivity index (χ3v) is 4.59. The van der Waals surface area contributed by atoms with Gasteiger partial charge in [0.15, 0.2) is 0 Å². The maximum atomic E-state index is 11.6. The van der Waals surface area contributed by atoms with Crippen molar-refractivity contribution >= 4 is 43.0 Å². The predicted octanol–water partition coefficient (Wildman–Crippen LogP) is 2.73. The molecule has 0 aromatic heterocycles. The molecule has 0 spiro atoms. The fraction of sp³-hybridized carbons (Fsp3) is 0.0769. The standard InChI is InChI=1S/C13H14BrN3O2S/c1-8-6-10(3-4-11(8)14)17-12-5-2-9(15)7-13(12)20(16,18)19/h2-7,17H,15H2,1H3,(H2,16,18,19). The fourth-order valence-corrected chi connectivity index (χ4v) is 2.73. The Hall–Kier alpha value is -1.57. The van der Waals surface area contributed by atoms with Crippen LogP contribution in [0.1, 0.15) is 5.56 Å². The highest BCUT2D eigenvalue weighted by Gasteiger charge is 2.14. The minimum absolute atomic E-state index is 0.0296. The molecule has 0 amide bonds. The zero-order valence-corrected chi connectivity index (χ0v) is 13.1. The first-order valence-electron chi connectivity index (χ1n) is 5.73. The van der Waals surface area contributed by atoms with Crippen molar-refractivity contribution in [3.05, 3.63) is 46.4 Å². The number of primary sulfonamides is 1. The molecule has 0 saturated heterocycles. The van der Waals surface area contributed by atoms with Crippen LogP contribution in [0.2, 0.25) is 0 Å². The van der Waals surface area contributed by atoms with Crippen LogP contribution in [0.3, 0.4) is 0 Å². The first-order chi connectivity index (χ1) is 9.27. The van der Waals surface area contributed by atoms with Crippen molar-refractivity contribution in [2.45, 2.75) is 11.8 Å². The van der Waals surface area contributed by atoms with Gasteiger partial charge in [-0.15, -0.1) is 0 Å². The largest absolute Gasteiger partial charge is 0.399 e. The number of halogens is 1. The summed E-state index contributed by atoms with van der Waals surface area (Å²) in [4.78, 5) is -0.0296. The third-order valence-electron chi connectivity index (χ3n) is 2.75. The molecule has 20 heavy (non-hydrogen) atoms. The second-order valence-electron chi connectivity index (χ2n) is 4.39. The van der Waals surface area contributed by atoms with E-state index in [0.29, 0.717) is 11.4 Å². The quantitative estimate of drug-likeness (QED) is 0.737. The van der Waals surface area contributed by atoms with Gasteiger partial charge >= 0.3 is 0 Å². The monoisotopic (exact) mass is 355 g/mol. The van der Waals surface area contributed by atoms with Gasteiger partial charge in [-0.05, 0) is 48.9 Å². The van der Waals surface area contributed by atoms with E-state index in [4.69, 9.17) is 10.9 Å². The van der Waals surface area contributed by atoms with Crippen LogP contribution in [0.25, 0.3) is 0 Å². The Balaban J connectivity index is 2.46. The molecule has 0 saturated carbocycles. The highest BCUT2D eigenvalue weighted by atomic mass is 79.9. The van der Waals surface area contributed by atoms with Crippen LogP contribution in [-0.2, 0) is 10.0 Å². The van der Waals surface area contributed by atoms with E-state index in [-0.39, 0.29) is 4.90 Å². The lowest BCUT2D eigenvalue weighted by atomic mass is 10.2. The zero-order valence-electron chi connectivity index (χ0n) is 10.7. The molecule has 0 bridgehead atoms. The number of hydrogen-bond acceptors (Lipinski definition) is 4. The molecule has 2 rings (SSSR count). The Morgan fingerprint density at radius 1 is 1.15 bits per heavy atom. The maximum absolute atomic E-state index is 11.6. The molecule has 0 aliphatic carbocycles. The summed E-state index contributed by atoms with van der Waals surface area (Å²) in [5.74, 6) is 0. The average Bonchev–Trinajstić information content (AvgIpc) is 2.35. The van der Waals surface area contributed by atoms with Gasteiger partial charge in [-0.3, -0.25) is 0 Å². The molecule has 5 nitrogen and oxygen atoms in total. The van der Waals surface area contributed by atoms with E-state index in [1.54, 1.807) is 12.1 Å². The molecule has 0 fully saturated rings. The Kier molecular flexibility index (Phi) is 4.03. The van der Waals surface area contributed by atoms with Gasteiger partial charge in [0.05, 0.1) is 5.69 Å². The number of sulfonamides is 1. The van der Waals surface area contributed by atoms with E-state index >= 15 is 0 Å². The number of nitrogens with one attached hydrogen (secondary N) is 1. The van der Waals surface area contributed by atoms with E-state index in [1.807, 2.05) is 25.1 Å². The van der Waals surface area contributed by atoms with E-state index in [0.717, 1.165) is 15.7 Å². The lowest BCUT2D eigenvalue weighted by Gasteiger charge is -2.12. The first kappa shape index (κ1) is 14.8. The van der Waals surface area contributed by atoms with Gasteiger partial charge in [0.1, 0.15) is 4.90 Å². The number of benzene rings is 2. The molecule has 106 valence electrons. The molecule has 0 atom stereocenters. The maximum Gasteiger partial charge on any atom is 0.240 e. The van der Waals surface area contributed by atoms with Crippen LogP contribution in [0, 0.1) is 6.92 Å². The number of anilines is 3. The van der Waals surface area contributed by atoms with Crippen molar-refractivity contribution < 1.29 is 8.42 Å². The molecular weight excluding hydrogens is 342 g/mol. The van der Waals surface area contributed by atoms with Crippen molar-refractivity contribution in [3.63, 3.8) is 0 Å². The normalized spacial score (nSPS) is 11.3. The van der Waals surface area contributed by atoms with Crippen LogP contribution in [0.15, 0.2) is 45.8 Å². The zero-order chi connectivity index (χ0) is 14.9. The average molecular weight is 356 g/mol. The van der Waals surface area contributed by atoms with Crippen LogP contribution >= 0.6 is 15.9 Å². The van der Waals surface area contributed by atoms with Crippen LogP contribution in [-0.4, -0.2) is 8.42 Å². The van der Waals surface area contributed by atoms with E-state index in [9.17, 15) is 8.42 Å². The van der Waals surface area contributed by atoms with E-state index in [1.165, 1.54) is 6.07 Å². The lowest BCUT2D eigenvalue weighted by molar-refractivity contribution is 0.598. The van der Waals surface area contributed by atoms with Gasteiger partial charge in [0, 0.05) is 15.8 Å². The molecule has 0 unspecified atom stereocenters. The molecule has 0 aliphatic rings. The summed E-state index contributed by atoms with van der Waals surface area (Å²) < 4.78 is 24.2. The van der Waals surface area contributed by atoms with Gasteiger partial charge in [-0.1, -0.05) is 15.9 Å². The van der Waals surface area contributed by atoms with E-state index < -0.39 is 10.0 Å². The third kappa shape index (κ3) is 3.30. The number of aryl methyl sites for hydroxylation is 1. The molecule has 0 aliphatic heterocycles. The van der Waals surface area contributed by atoms with Crippen molar-refractivity contribution in [2.24, 2.45) is 5.14 Å². The SMILES string of the molecule is Cc1cc(Nc2ccc(N)cc2S(N)(=O)=O)ccc1Br. The van der Waals surface area contributed by atoms with Crippen molar-refractivity contribution in [2.75, 3.05) is 11.1 Å². The van der Waals surface area contributed by atoms with Gasteiger partial charge < -0.3 is 11.1 Å². The van der Waals surface area contributed by atoms with Crippen LogP contribution in [0.5, 0.6) is 0 Å². The van der Waals surface area contributed by atoms with Crippen LogP contribution in [0.4, 0.5) is 17.1 Å². The van der Waals surface area contributed by atoms with Crippen LogP contribution < -0.4 is 16.2 Å². The Morgan fingerprint density at radius 2 is 1.85 bits per heavy atom. The molecule has 7 heteroatoms. The number of rotatable bonds is 3. The Labute approximate surface area is 126 Å². The minimum Gasteiger partial charge on any atom is -0.399 e. The topological polar surface area (TPSA) is 98.2 Å². The van der Waals surface area contributed by atoms with Gasteiger partial charge in [0.25, 0.3) is 0 Å². The summed E-state index contributed by atoms with van der Waals surface area (Å²) in [6.07, 6.45) is 0. The summed E-state index contributed by atoms with van der Waals surface area (Å²) in [6.45, 7) is 1.94. The number of hydrogen-bond donors (Lipinski definition) is 3. The number of nitrogen functional groups attached to an aromatic ring is 1. The molecule has 2 aromatic carbocycles. The summed E-state index contributed by atoms with van der Waals surface area (Å²) in [6, 6.07) is 10.2. The number of nitrogens with two attached hydrogens (primary N) is 2. The molecule has 0 radical (unpaired) electrons. The van der Waals surface area contributed by atoms with Crippen molar-refractivity contribution in [1.29, 1.82) is 0 Å². The molecule has 2 aromatic rings. The first-order valence-corrected chi connectivity index (χ1v) is 8.07. The van der Waals surface area contributed by atoms with Gasteiger partial charge in [-0.25, -0.2) is 13.6 Å². The fourth-order valence-electron chi connectivity index (χ4n) is 1.76. The summed E-state index contributed by atoms with van der Waals surface area (Å²) >= 11 is 3.41. The summed E-state index contributed by atoms with van der Waals surface area (Å²) in [7, 11) is -3.85. The summed E-state index contributed by atoms with van der Waals surface area (Å²) in [5.41, 5.74) is 8.13. The predicted molar refractivity (Wildman–Crippen MR) is 84.4 cm³/mol. The van der Waals surface area contributed by atoms with E-state index in [2.05, 4.69) is 21.2 Å². The minimum atomic E-state index is -3.85. The van der Waals surface area contributed by atoms with Crippen molar-refractivity contribution in [1.82, 2.24) is 0 Å². The second kappa shape index (κ2) is 5.43. The van der Waals surface area contributed by atoms with Gasteiger partial charge in [0.2, 0.25) is 10.0 Å². The lowest BCUT2D eigenvalue weighted by Crippen LogP contribution is -2.14. The summed E-state index contributed by atoms with van der Waals surface area (Å²) in [5, 5.41) is 8.24. The highest BCUT2D eigenvalue weighted by Crippen LogP contribution is 2.28. The smallest absolute Gasteiger partial charge is 0.240 e. The molecular formula is C13H14BrN3O2S.